The number of nitrogens with one attached hydrogen (secondary N) is 2. The number of H-pyrrole nitrogens is 1. The molecule has 1 amide bonds. The number of amides is 1. The molecule has 5 aromatic rings. The molecule has 2 aromatic heterocycles. The SMILES string of the molecule is O.O=C1Nc2ccccc2-c2nc3ccccc3c(=O)n2[C@H]1Cc1c[nH]c2ccccc12. The van der Waals surface area contributed by atoms with Gasteiger partial charge in [0.2, 0.25) is 5.91 Å². The number of hydrogen-bond acceptors (Lipinski definition) is 3. The molecule has 32 heavy (non-hydrogen) atoms. The van der Waals surface area contributed by atoms with Crippen molar-refractivity contribution in [1.29, 1.82) is 0 Å². The first-order chi connectivity index (χ1) is 15.2. The minimum atomic E-state index is -0.730. The van der Waals surface area contributed by atoms with Crippen molar-refractivity contribution in [1.82, 2.24) is 14.5 Å². The molecule has 0 fully saturated rings. The first-order valence-corrected chi connectivity index (χ1v) is 10.2. The molecule has 0 aliphatic carbocycles. The Balaban J connectivity index is 0.00000216. The summed E-state index contributed by atoms with van der Waals surface area (Å²) in [5, 5.41) is 4.56. The first kappa shape index (κ1) is 19.7. The Bertz CT molecular complexity index is 1550. The number of para-hydroxylation sites is 3. The van der Waals surface area contributed by atoms with E-state index in [9.17, 15) is 9.59 Å². The fourth-order valence-electron chi connectivity index (χ4n) is 4.44. The highest BCUT2D eigenvalue weighted by Crippen LogP contribution is 2.34. The maximum absolute atomic E-state index is 13.6. The fraction of sp³-hybridized carbons (Fsp3) is 0.0800. The Labute approximate surface area is 182 Å². The van der Waals surface area contributed by atoms with Gasteiger partial charge in [-0.15, -0.1) is 0 Å². The Morgan fingerprint density at radius 2 is 1.59 bits per heavy atom. The van der Waals surface area contributed by atoms with Gasteiger partial charge < -0.3 is 15.8 Å². The summed E-state index contributed by atoms with van der Waals surface area (Å²) in [4.78, 5) is 35.1. The van der Waals surface area contributed by atoms with E-state index in [0.29, 0.717) is 28.8 Å². The van der Waals surface area contributed by atoms with Crippen LogP contribution in [0.2, 0.25) is 0 Å². The molecule has 6 rings (SSSR count). The van der Waals surface area contributed by atoms with Crippen LogP contribution in [0.15, 0.2) is 83.8 Å². The standard InChI is InChI=1S/C25H18N4O2.H2O/c30-24-22(13-15-14-26-19-10-4-1-7-16(15)19)29-23(17-8-2-5-11-20(17)28-24)27-21-12-6-3-9-18(21)25(29)31;/h1-12,14,22,26H,13H2,(H,28,30);1H2/t22-;/m0./s1. The van der Waals surface area contributed by atoms with Crippen molar-refractivity contribution in [2.45, 2.75) is 12.5 Å². The molecular weight excluding hydrogens is 404 g/mol. The summed E-state index contributed by atoms with van der Waals surface area (Å²) in [5.41, 5.74) is 3.78. The molecule has 1 aliphatic heterocycles. The minimum Gasteiger partial charge on any atom is -0.412 e. The highest BCUT2D eigenvalue weighted by molar-refractivity contribution is 6.00. The van der Waals surface area contributed by atoms with Crippen molar-refractivity contribution in [2.75, 3.05) is 5.32 Å². The van der Waals surface area contributed by atoms with Crippen LogP contribution in [0.4, 0.5) is 5.69 Å². The van der Waals surface area contributed by atoms with Gasteiger partial charge in [-0.1, -0.05) is 42.5 Å². The van der Waals surface area contributed by atoms with Crippen LogP contribution in [0.5, 0.6) is 0 Å². The lowest BCUT2D eigenvalue weighted by molar-refractivity contribution is -0.119. The van der Waals surface area contributed by atoms with Crippen molar-refractivity contribution in [2.24, 2.45) is 0 Å². The number of nitrogens with zero attached hydrogens (tertiary/aromatic N) is 2. The molecular formula is C25H20N4O3. The number of rotatable bonds is 2. The number of benzene rings is 3. The van der Waals surface area contributed by atoms with Crippen LogP contribution < -0.4 is 10.9 Å². The van der Waals surface area contributed by atoms with Crippen LogP contribution in [0, 0.1) is 0 Å². The number of carbonyl (C=O) groups is 1. The largest absolute Gasteiger partial charge is 0.412 e. The van der Waals surface area contributed by atoms with Crippen molar-refractivity contribution in [3.8, 4) is 11.4 Å². The van der Waals surface area contributed by atoms with Gasteiger partial charge in [-0.05, 0) is 35.9 Å². The van der Waals surface area contributed by atoms with E-state index >= 15 is 0 Å². The van der Waals surface area contributed by atoms with Gasteiger partial charge in [0.25, 0.3) is 5.56 Å². The number of hydrogen-bond donors (Lipinski definition) is 2. The molecule has 0 bridgehead atoms. The predicted octanol–water partition coefficient (Wildman–Crippen LogP) is 3.46. The molecule has 158 valence electrons. The second kappa shape index (κ2) is 7.47. The lowest BCUT2D eigenvalue weighted by atomic mass is 10.0. The quantitative estimate of drug-likeness (QED) is 0.453. The molecule has 7 nitrogen and oxygen atoms in total. The Hall–Kier alpha value is -4.23. The van der Waals surface area contributed by atoms with Gasteiger partial charge in [0.05, 0.1) is 16.6 Å². The summed E-state index contributed by atoms with van der Waals surface area (Å²) in [6.45, 7) is 0. The highest BCUT2D eigenvalue weighted by Gasteiger charge is 2.31. The van der Waals surface area contributed by atoms with E-state index < -0.39 is 6.04 Å². The van der Waals surface area contributed by atoms with Gasteiger partial charge >= 0.3 is 0 Å². The maximum atomic E-state index is 13.6. The molecule has 0 spiro atoms. The molecule has 1 atom stereocenters. The van der Waals surface area contributed by atoms with Crippen LogP contribution in [0.1, 0.15) is 11.6 Å². The van der Waals surface area contributed by atoms with Gasteiger partial charge in [-0.25, -0.2) is 4.98 Å². The van der Waals surface area contributed by atoms with Gasteiger partial charge in [-0.3, -0.25) is 14.2 Å². The number of aromatic amines is 1. The van der Waals surface area contributed by atoms with Gasteiger partial charge in [0.1, 0.15) is 11.9 Å². The Morgan fingerprint density at radius 1 is 0.875 bits per heavy atom. The average Bonchev–Trinajstić information content (AvgIpc) is 3.16. The van der Waals surface area contributed by atoms with E-state index in [0.717, 1.165) is 22.0 Å². The summed E-state index contributed by atoms with van der Waals surface area (Å²) in [7, 11) is 0. The van der Waals surface area contributed by atoms with Crippen LogP contribution >= 0.6 is 0 Å². The second-order valence-electron chi connectivity index (χ2n) is 7.74. The third-order valence-corrected chi connectivity index (χ3v) is 5.94. The molecule has 3 heterocycles. The van der Waals surface area contributed by atoms with Crippen molar-refractivity contribution in [3.05, 3.63) is 94.9 Å². The summed E-state index contributed by atoms with van der Waals surface area (Å²) in [6, 6.07) is 22.0. The summed E-state index contributed by atoms with van der Waals surface area (Å²) in [5.74, 6) is 0.276. The lowest BCUT2D eigenvalue weighted by Crippen LogP contribution is -2.34. The Kier molecular flexibility index (Phi) is 4.61. The first-order valence-electron chi connectivity index (χ1n) is 10.2. The van der Waals surface area contributed by atoms with E-state index in [4.69, 9.17) is 4.98 Å². The smallest absolute Gasteiger partial charge is 0.262 e. The van der Waals surface area contributed by atoms with Crippen molar-refractivity contribution < 1.29 is 10.3 Å². The third kappa shape index (κ3) is 2.91. The molecule has 4 N–H and O–H groups in total. The fourth-order valence-corrected chi connectivity index (χ4v) is 4.44. The van der Waals surface area contributed by atoms with Gasteiger partial charge in [0.15, 0.2) is 0 Å². The zero-order valence-corrected chi connectivity index (χ0v) is 17.0. The van der Waals surface area contributed by atoms with E-state index in [1.807, 2.05) is 72.9 Å². The molecule has 0 radical (unpaired) electrons. The van der Waals surface area contributed by atoms with E-state index in [1.165, 1.54) is 0 Å². The van der Waals surface area contributed by atoms with Crippen LogP contribution in [-0.2, 0) is 11.2 Å². The van der Waals surface area contributed by atoms with Crippen LogP contribution in [0.25, 0.3) is 33.2 Å². The zero-order valence-electron chi connectivity index (χ0n) is 17.0. The topological polar surface area (TPSA) is 111 Å². The monoisotopic (exact) mass is 424 g/mol. The van der Waals surface area contributed by atoms with Crippen molar-refractivity contribution >= 4 is 33.4 Å². The number of aromatic nitrogens is 3. The van der Waals surface area contributed by atoms with Gasteiger partial charge in [0, 0.05) is 29.1 Å². The number of anilines is 1. The maximum Gasteiger partial charge on any atom is 0.262 e. The van der Waals surface area contributed by atoms with Crippen LogP contribution in [-0.4, -0.2) is 25.9 Å². The number of carbonyl (C=O) groups excluding carboxylic acids is 1. The lowest BCUT2D eigenvalue weighted by Gasteiger charge is -2.19. The van der Waals surface area contributed by atoms with E-state index in [1.54, 1.807) is 10.6 Å². The summed E-state index contributed by atoms with van der Waals surface area (Å²) >= 11 is 0. The molecule has 1 aliphatic rings. The second-order valence-corrected chi connectivity index (χ2v) is 7.74. The summed E-state index contributed by atoms with van der Waals surface area (Å²) in [6.07, 6.45) is 2.28. The van der Waals surface area contributed by atoms with E-state index in [2.05, 4.69) is 10.3 Å². The van der Waals surface area contributed by atoms with Crippen LogP contribution in [0.3, 0.4) is 0 Å². The molecule has 0 saturated heterocycles. The third-order valence-electron chi connectivity index (χ3n) is 5.94. The predicted molar refractivity (Wildman–Crippen MR) is 125 cm³/mol. The Morgan fingerprint density at radius 3 is 2.47 bits per heavy atom. The minimum absolute atomic E-state index is 0. The average molecular weight is 424 g/mol. The number of fused-ring (bicyclic) bond motifs is 5. The molecule has 7 heteroatoms. The molecule has 0 saturated carbocycles. The molecule has 3 aromatic carbocycles. The zero-order chi connectivity index (χ0) is 20.9. The highest BCUT2D eigenvalue weighted by atomic mass is 16.2. The normalized spacial score (nSPS) is 14.9. The van der Waals surface area contributed by atoms with E-state index in [-0.39, 0.29) is 16.9 Å². The van der Waals surface area contributed by atoms with Gasteiger partial charge in [-0.2, -0.15) is 0 Å². The van der Waals surface area contributed by atoms with Crippen molar-refractivity contribution in [3.63, 3.8) is 0 Å². The molecule has 0 unspecified atom stereocenters. The summed E-state index contributed by atoms with van der Waals surface area (Å²) < 4.78 is 1.56.